The number of benzene rings is 7. The van der Waals surface area contributed by atoms with E-state index in [0.29, 0.717) is 19.6 Å². The molecular formula is C63H63N3O3. The number of nitrogens with zero attached hydrogens (tertiary/aromatic N) is 3. The van der Waals surface area contributed by atoms with Crippen LogP contribution in [0.5, 0.6) is 0 Å². The molecule has 0 radical (unpaired) electrons. The third kappa shape index (κ3) is 14.3. The Morgan fingerprint density at radius 2 is 0.536 bits per heavy atom. The lowest BCUT2D eigenvalue weighted by Crippen LogP contribution is -2.33. The maximum absolute atomic E-state index is 11.0. The third-order valence-corrected chi connectivity index (χ3v) is 13.0. The lowest BCUT2D eigenvalue weighted by Gasteiger charge is -2.29. The van der Waals surface area contributed by atoms with Crippen molar-refractivity contribution >= 4 is 0 Å². The quantitative estimate of drug-likeness (QED) is 0.0891. The fourth-order valence-corrected chi connectivity index (χ4v) is 8.16. The van der Waals surface area contributed by atoms with Crippen LogP contribution in [0.4, 0.5) is 0 Å². The van der Waals surface area contributed by atoms with Gasteiger partial charge in [0, 0.05) is 71.1 Å². The zero-order chi connectivity index (χ0) is 48.7. The maximum Gasteiger partial charge on any atom is 0.0942 e. The van der Waals surface area contributed by atoms with Gasteiger partial charge in [-0.1, -0.05) is 163 Å². The Labute approximate surface area is 410 Å². The van der Waals surface area contributed by atoms with Crippen LogP contribution < -0.4 is 0 Å². The summed E-state index contributed by atoms with van der Waals surface area (Å²) in [5.74, 6) is 20.2. The van der Waals surface area contributed by atoms with Gasteiger partial charge in [0.1, 0.15) is 0 Å². The van der Waals surface area contributed by atoms with Crippen LogP contribution in [0.2, 0.25) is 0 Å². The highest BCUT2D eigenvalue weighted by atomic mass is 16.3. The average molecular weight is 910 g/mol. The van der Waals surface area contributed by atoms with Crippen molar-refractivity contribution in [2.45, 2.75) is 76.8 Å². The van der Waals surface area contributed by atoms with Gasteiger partial charge < -0.3 is 15.3 Å². The highest BCUT2D eigenvalue weighted by Crippen LogP contribution is 2.24. The molecule has 69 heavy (non-hydrogen) atoms. The molecule has 3 N–H and O–H groups in total. The van der Waals surface area contributed by atoms with Gasteiger partial charge in [-0.3, -0.25) is 14.7 Å². The van der Waals surface area contributed by atoms with Crippen molar-refractivity contribution in [2.75, 3.05) is 21.1 Å². The first-order valence-electron chi connectivity index (χ1n) is 23.7. The Bertz CT molecular complexity index is 2570. The first-order valence-corrected chi connectivity index (χ1v) is 23.7. The SMILES string of the molecule is C[C@@H]([C@H](O)c1ccccc1)N(C)Cc1ccc(C#Cc2cc(C#Cc3ccc(CN(C)[C@@H](C)[C@H](O)c4ccccc4)cc3)cc(C#Cc3ccc(CN(C)[C@@H](C)[C@H](O)c4ccccc4)cc3)c2)cc1. The van der Waals surface area contributed by atoms with Gasteiger partial charge >= 0.3 is 0 Å². The molecule has 0 unspecified atom stereocenters. The van der Waals surface area contributed by atoms with Gasteiger partial charge in [0.25, 0.3) is 0 Å². The minimum atomic E-state index is -0.584. The normalized spacial score (nSPS) is 13.7. The molecule has 0 amide bonds. The molecule has 0 spiro atoms. The predicted molar refractivity (Wildman–Crippen MR) is 281 cm³/mol. The Kier molecular flexibility index (Phi) is 17.6. The maximum atomic E-state index is 11.0. The molecule has 6 nitrogen and oxygen atoms in total. The van der Waals surface area contributed by atoms with E-state index in [4.69, 9.17) is 0 Å². The summed E-state index contributed by atoms with van der Waals surface area (Å²) >= 11 is 0. The molecule has 0 saturated carbocycles. The standard InChI is InChI=1S/C63H63N3O3/c1-46(61(67)58-16-10-7-11-17-58)64(4)43-52-31-22-49(23-32-52)28-37-55-40-56(38-29-50-24-33-53(34-25-50)44-65(5)47(2)62(68)59-18-12-8-13-19-59)42-57(41-55)39-30-51-26-35-54(36-27-51)45-66(6)48(3)63(69)60-20-14-9-15-21-60/h7-27,31-36,40-42,46-48,61-63,67-69H,43-45H2,1-6H3/t46-,47-,48-,61-,62-,63-/m0/s1. The first kappa shape index (κ1) is 49.9. The molecule has 7 rings (SSSR count). The van der Waals surface area contributed by atoms with E-state index in [0.717, 1.165) is 66.8 Å². The highest BCUT2D eigenvalue weighted by Gasteiger charge is 2.23. The number of rotatable bonds is 15. The van der Waals surface area contributed by atoms with E-state index < -0.39 is 18.3 Å². The molecule has 0 heterocycles. The van der Waals surface area contributed by atoms with Crippen LogP contribution >= 0.6 is 0 Å². The van der Waals surface area contributed by atoms with Crippen molar-refractivity contribution in [1.82, 2.24) is 14.7 Å². The third-order valence-electron chi connectivity index (χ3n) is 13.0. The molecule has 0 aliphatic carbocycles. The second-order valence-corrected chi connectivity index (χ2v) is 18.2. The zero-order valence-electron chi connectivity index (χ0n) is 40.6. The second kappa shape index (κ2) is 24.3. The van der Waals surface area contributed by atoms with Crippen molar-refractivity contribution in [1.29, 1.82) is 0 Å². The van der Waals surface area contributed by atoms with Crippen LogP contribution in [0.15, 0.2) is 182 Å². The molecule has 348 valence electrons. The zero-order valence-corrected chi connectivity index (χ0v) is 40.6. The van der Waals surface area contributed by atoms with E-state index in [9.17, 15) is 15.3 Å². The molecule has 0 saturated heterocycles. The molecule has 7 aromatic rings. The van der Waals surface area contributed by atoms with Gasteiger partial charge in [-0.2, -0.15) is 0 Å². The van der Waals surface area contributed by atoms with Crippen molar-refractivity contribution < 1.29 is 15.3 Å². The fourth-order valence-electron chi connectivity index (χ4n) is 8.16. The number of aliphatic hydroxyl groups is 3. The molecule has 0 aliphatic heterocycles. The summed E-state index contributed by atoms with van der Waals surface area (Å²) < 4.78 is 0. The van der Waals surface area contributed by atoms with E-state index in [-0.39, 0.29) is 18.1 Å². The predicted octanol–water partition coefficient (Wildman–Crippen LogP) is 10.5. The number of likely N-dealkylation sites (N-methyl/N-ethyl adjacent to an activating group) is 3. The smallest absolute Gasteiger partial charge is 0.0942 e. The number of hydrogen-bond acceptors (Lipinski definition) is 6. The van der Waals surface area contributed by atoms with E-state index in [2.05, 4.69) is 86.6 Å². The number of hydrogen-bond donors (Lipinski definition) is 3. The monoisotopic (exact) mass is 909 g/mol. The summed E-state index contributed by atoms with van der Waals surface area (Å²) in [6.45, 7) is 8.22. The molecule has 0 bridgehead atoms. The lowest BCUT2D eigenvalue weighted by atomic mass is 10.0. The summed E-state index contributed by atoms with van der Waals surface area (Å²) in [6.07, 6.45) is -1.75. The lowest BCUT2D eigenvalue weighted by molar-refractivity contribution is 0.0687. The van der Waals surface area contributed by atoms with E-state index in [1.165, 1.54) is 0 Å². The first-order chi connectivity index (χ1) is 33.4. The van der Waals surface area contributed by atoms with Crippen LogP contribution in [-0.2, 0) is 19.6 Å². The average Bonchev–Trinajstić information content (AvgIpc) is 3.39. The van der Waals surface area contributed by atoms with E-state index in [1.807, 2.05) is 188 Å². The summed E-state index contributed by atoms with van der Waals surface area (Å²) in [5.41, 5.74) is 11.3. The second-order valence-electron chi connectivity index (χ2n) is 18.2. The van der Waals surface area contributed by atoms with Crippen LogP contribution in [-0.4, -0.2) is 69.3 Å². The molecule has 0 fully saturated rings. The minimum Gasteiger partial charge on any atom is -0.387 e. The molecule has 0 aliphatic rings. The van der Waals surface area contributed by atoms with Crippen LogP contribution in [0.3, 0.4) is 0 Å². The summed E-state index contributed by atoms with van der Waals surface area (Å²) in [7, 11) is 6.10. The fraction of sp³-hybridized carbons (Fsp3) is 0.238. The molecule has 6 heteroatoms. The van der Waals surface area contributed by atoms with Gasteiger partial charge in [0.15, 0.2) is 0 Å². The Hall–Kier alpha value is -7.02. The largest absolute Gasteiger partial charge is 0.387 e. The Balaban J connectivity index is 1.06. The van der Waals surface area contributed by atoms with E-state index >= 15 is 0 Å². The van der Waals surface area contributed by atoms with Crippen molar-refractivity contribution in [3.63, 3.8) is 0 Å². The topological polar surface area (TPSA) is 70.4 Å². The number of aliphatic hydroxyl groups excluding tert-OH is 3. The molecule has 0 aromatic heterocycles. The van der Waals surface area contributed by atoms with Crippen molar-refractivity contribution in [3.8, 4) is 35.5 Å². The van der Waals surface area contributed by atoms with Crippen molar-refractivity contribution in [3.05, 3.63) is 249 Å². The molecule has 6 atom stereocenters. The van der Waals surface area contributed by atoms with Gasteiger partial charge in [-0.15, -0.1) is 0 Å². The summed E-state index contributed by atoms with van der Waals surface area (Å²) in [5, 5.41) is 32.9. The Morgan fingerprint density at radius 1 is 0.319 bits per heavy atom. The summed E-state index contributed by atoms with van der Waals surface area (Å²) in [6, 6.07) is 60.0. The minimum absolute atomic E-state index is 0.0671. The van der Waals surface area contributed by atoms with Gasteiger partial charge in [0.2, 0.25) is 0 Å². The van der Waals surface area contributed by atoms with Gasteiger partial charge in [-0.25, -0.2) is 0 Å². The van der Waals surface area contributed by atoms with Gasteiger partial charge in [-0.05, 0) is 130 Å². The Morgan fingerprint density at radius 3 is 0.768 bits per heavy atom. The van der Waals surface area contributed by atoms with Gasteiger partial charge in [0.05, 0.1) is 18.3 Å². The molecular weight excluding hydrogens is 847 g/mol. The van der Waals surface area contributed by atoms with Crippen LogP contribution in [0.1, 0.15) is 106 Å². The van der Waals surface area contributed by atoms with E-state index in [1.54, 1.807) is 0 Å². The van der Waals surface area contributed by atoms with Crippen LogP contribution in [0.25, 0.3) is 0 Å². The molecule has 7 aromatic carbocycles. The summed E-state index contributed by atoms with van der Waals surface area (Å²) in [4.78, 5) is 6.48. The highest BCUT2D eigenvalue weighted by molar-refractivity contribution is 5.55. The van der Waals surface area contributed by atoms with Crippen molar-refractivity contribution in [2.24, 2.45) is 0 Å². The van der Waals surface area contributed by atoms with Crippen LogP contribution in [0, 0.1) is 35.5 Å².